The van der Waals surface area contributed by atoms with Crippen LogP contribution in [-0.4, -0.2) is 37.2 Å². The monoisotopic (exact) mass is 446 g/mol. The van der Waals surface area contributed by atoms with Crippen LogP contribution in [0.1, 0.15) is 17.5 Å². The third kappa shape index (κ3) is 5.11. The molecule has 1 aliphatic rings. The number of nitrogens with zero attached hydrogens (tertiary/aromatic N) is 3. The van der Waals surface area contributed by atoms with Crippen molar-refractivity contribution >= 4 is 39.4 Å². The summed E-state index contributed by atoms with van der Waals surface area (Å²) >= 11 is 6.10. The quantitative estimate of drug-likeness (QED) is 0.555. The lowest BCUT2D eigenvalue weighted by molar-refractivity contribution is -0.136. The minimum absolute atomic E-state index is 0.0220. The number of hydrogen-bond donors (Lipinski definition) is 1. The minimum atomic E-state index is -4.20. The number of esters is 1. The van der Waals surface area contributed by atoms with Crippen LogP contribution >= 0.6 is 11.6 Å². The van der Waals surface area contributed by atoms with Gasteiger partial charge < -0.3 is 4.74 Å². The molecule has 10 heteroatoms. The minimum Gasteiger partial charge on any atom is -0.466 e. The predicted octanol–water partition coefficient (Wildman–Crippen LogP) is 3.57. The summed E-state index contributed by atoms with van der Waals surface area (Å²) in [7, 11) is -2.95. The first-order valence-corrected chi connectivity index (χ1v) is 10.7. The lowest BCUT2D eigenvalue weighted by atomic mass is 10.00. The number of allylic oxidation sites excluding steroid dienone is 3. The molecule has 0 saturated heterocycles. The second kappa shape index (κ2) is 8.76. The Labute approximate surface area is 179 Å². The summed E-state index contributed by atoms with van der Waals surface area (Å²) in [5.74, 6) is -0.748. The van der Waals surface area contributed by atoms with Crippen molar-refractivity contribution in [1.82, 2.24) is 9.97 Å². The number of aromatic nitrogens is 2. The maximum Gasteiger partial charge on any atom is 0.344 e. The average molecular weight is 447 g/mol. The van der Waals surface area contributed by atoms with Gasteiger partial charge in [-0.05, 0) is 31.1 Å². The van der Waals surface area contributed by atoms with Crippen LogP contribution < -0.4 is 4.72 Å². The summed E-state index contributed by atoms with van der Waals surface area (Å²) < 4.78 is 35.6. The largest absolute Gasteiger partial charge is 0.466 e. The molecule has 0 unspecified atom stereocenters. The summed E-state index contributed by atoms with van der Waals surface area (Å²) in [5.41, 5.74) is 3.73. The Kier molecular flexibility index (Phi) is 6.33. The number of anilines is 1. The SMILES string of the molecule is COC(=O)C1=CC=CC(=NS(=O)(=O)Nc2nc(Cl)cc(-c3c(C)cccc3C)n2)C1. The third-order valence-corrected chi connectivity index (χ3v) is 5.40. The number of hydrogen-bond acceptors (Lipinski definition) is 6. The van der Waals surface area contributed by atoms with Gasteiger partial charge in [0, 0.05) is 23.6 Å². The van der Waals surface area contributed by atoms with E-state index < -0.39 is 16.2 Å². The van der Waals surface area contributed by atoms with E-state index in [1.807, 2.05) is 32.0 Å². The van der Waals surface area contributed by atoms with E-state index in [4.69, 9.17) is 11.6 Å². The number of ether oxygens (including phenoxy) is 1. The number of halogens is 1. The summed E-state index contributed by atoms with van der Waals surface area (Å²) in [5, 5.41) is 0.0847. The first kappa shape index (κ1) is 21.7. The molecule has 1 aliphatic carbocycles. The molecule has 0 saturated carbocycles. The second-order valence-electron chi connectivity index (χ2n) is 6.55. The normalized spacial score (nSPS) is 15.1. The molecule has 1 aromatic heterocycles. The molecule has 0 fully saturated rings. The zero-order valence-corrected chi connectivity index (χ0v) is 18.1. The van der Waals surface area contributed by atoms with Gasteiger partial charge in [-0.25, -0.2) is 19.5 Å². The highest BCUT2D eigenvalue weighted by atomic mass is 35.5. The lowest BCUT2D eigenvalue weighted by Crippen LogP contribution is -2.17. The van der Waals surface area contributed by atoms with E-state index in [1.165, 1.54) is 19.3 Å². The Morgan fingerprint density at radius 3 is 2.60 bits per heavy atom. The van der Waals surface area contributed by atoms with E-state index >= 15 is 0 Å². The highest BCUT2D eigenvalue weighted by molar-refractivity contribution is 7.91. The Hall–Kier alpha value is -3.04. The van der Waals surface area contributed by atoms with Crippen molar-refractivity contribution < 1.29 is 17.9 Å². The molecule has 156 valence electrons. The van der Waals surface area contributed by atoms with E-state index in [1.54, 1.807) is 12.1 Å². The fourth-order valence-corrected chi connectivity index (χ4v) is 4.01. The topological polar surface area (TPSA) is 111 Å². The number of carbonyl (C=O) groups is 1. The number of benzene rings is 1. The average Bonchev–Trinajstić information content (AvgIpc) is 2.66. The molecule has 0 spiro atoms. The summed E-state index contributed by atoms with van der Waals surface area (Å²) in [6.45, 7) is 3.85. The molecule has 1 aromatic carbocycles. The number of nitrogens with one attached hydrogen (secondary N) is 1. The number of aryl methyl sites for hydroxylation is 2. The van der Waals surface area contributed by atoms with Crippen molar-refractivity contribution in [3.8, 4) is 11.3 Å². The van der Waals surface area contributed by atoms with Gasteiger partial charge in [-0.3, -0.25) is 0 Å². The Morgan fingerprint density at radius 1 is 1.23 bits per heavy atom. The third-order valence-electron chi connectivity index (χ3n) is 4.30. The summed E-state index contributed by atoms with van der Waals surface area (Å²) in [4.78, 5) is 19.9. The van der Waals surface area contributed by atoms with Gasteiger partial charge in [-0.15, -0.1) is 4.40 Å². The lowest BCUT2D eigenvalue weighted by Gasteiger charge is -2.12. The van der Waals surface area contributed by atoms with Crippen LogP contribution in [0.25, 0.3) is 11.3 Å². The van der Waals surface area contributed by atoms with E-state index in [0.29, 0.717) is 11.3 Å². The summed E-state index contributed by atoms with van der Waals surface area (Å²) in [6, 6.07) is 7.34. The zero-order valence-electron chi connectivity index (χ0n) is 16.5. The van der Waals surface area contributed by atoms with Crippen molar-refractivity contribution in [1.29, 1.82) is 0 Å². The molecule has 2 aromatic rings. The van der Waals surface area contributed by atoms with Crippen molar-refractivity contribution in [3.63, 3.8) is 0 Å². The molecular weight excluding hydrogens is 428 g/mol. The molecular formula is C20H19ClN4O4S. The van der Waals surface area contributed by atoms with E-state index in [9.17, 15) is 13.2 Å². The Balaban J connectivity index is 1.89. The highest BCUT2D eigenvalue weighted by Gasteiger charge is 2.19. The molecule has 1 heterocycles. The smallest absolute Gasteiger partial charge is 0.344 e. The number of carbonyl (C=O) groups excluding carboxylic acids is 1. The van der Waals surface area contributed by atoms with E-state index in [0.717, 1.165) is 16.7 Å². The van der Waals surface area contributed by atoms with Crippen LogP contribution in [-0.2, 0) is 19.7 Å². The fourth-order valence-electron chi connectivity index (χ4n) is 3.02. The number of methoxy groups -OCH3 is 1. The molecule has 0 radical (unpaired) electrons. The van der Waals surface area contributed by atoms with Crippen LogP contribution in [0.3, 0.4) is 0 Å². The van der Waals surface area contributed by atoms with Gasteiger partial charge in [0.25, 0.3) is 0 Å². The molecule has 8 nitrogen and oxygen atoms in total. The van der Waals surface area contributed by atoms with Crippen LogP contribution in [0, 0.1) is 13.8 Å². The van der Waals surface area contributed by atoms with Crippen molar-refractivity contribution in [2.24, 2.45) is 4.40 Å². The van der Waals surface area contributed by atoms with Crippen molar-refractivity contribution in [2.45, 2.75) is 20.3 Å². The van der Waals surface area contributed by atoms with Gasteiger partial charge >= 0.3 is 16.2 Å². The van der Waals surface area contributed by atoms with E-state index in [-0.39, 0.29) is 23.2 Å². The highest BCUT2D eigenvalue weighted by Crippen LogP contribution is 2.28. The molecule has 30 heavy (non-hydrogen) atoms. The second-order valence-corrected chi connectivity index (χ2v) is 8.27. The van der Waals surface area contributed by atoms with Crippen molar-refractivity contribution in [2.75, 3.05) is 11.8 Å². The first-order chi connectivity index (χ1) is 14.2. The van der Waals surface area contributed by atoms with Crippen molar-refractivity contribution in [3.05, 3.63) is 64.3 Å². The van der Waals surface area contributed by atoms with Crippen LogP contribution in [0.2, 0.25) is 5.15 Å². The summed E-state index contributed by atoms with van der Waals surface area (Å²) in [6.07, 6.45) is 4.58. The van der Waals surface area contributed by atoms with Gasteiger partial charge in [-0.2, -0.15) is 8.42 Å². The van der Waals surface area contributed by atoms with Gasteiger partial charge in [-0.1, -0.05) is 42.0 Å². The molecule has 3 rings (SSSR count). The molecule has 0 atom stereocenters. The predicted molar refractivity (Wildman–Crippen MR) is 116 cm³/mol. The molecule has 0 amide bonds. The van der Waals surface area contributed by atoms with Crippen LogP contribution in [0.4, 0.5) is 5.95 Å². The van der Waals surface area contributed by atoms with Crippen LogP contribution in [0.5, 0.6) is 0 Å². The Bertz CT molecular complexity index is 1180. The van der Waals surface area contributed by atoms with Crippen LogP contribution in [0.15, 0.2) is 52.5 Å². The maximum absolute atomic E-state index is 12.5. The molecule has 0 aliphatic heterocycles. The Morgan fingerprint density at radius 2 is 1.93 bits per heavy atom. The standard InChI is InChI=1S/C20H19ClN4O4S/c1-12-6-4-7-13(2)18(12)16-11-17(21)23-20(22-16)25-30(27,28)24-15-9-5-8-14(10-15)19(26)29-3/h4-9,11H,10H2,1-3H3,(H,22,23,25). The van der Waals surface area contributed by atoms with E-state index in [2.05, 4.69) is 23.8 Å². The molecule has 1 N–H and O–H groups in total. The fraction of sp³-hybridized carbons (Fsp3) is 0.200. The number of rotatable bonds is 5. The van der Waals surface area contributed by atoms with Gasteiger partial charge in [0.05, 0.1) is 18.5 Å². The maximum atomic E-state index is 12.5. The molecule has 0 bridgehead atoms. The van der Waals surface area contributed by atoms with Gasteiger partial charge in [0.2, 0.25) is 5.95 Å². The first-order valence-electron chi connectivity index (χ1n) is 8.87. The van der Waals surface area contributed by atoms with Gasteiger partial charge in [0.15, 0.2) is 0 Å². The zero-order chi connectivity index (χ0) is 21.9. The van der Waals surface area contributed by atoms with Gasteiger partial charge in [0.1, 0.15) is 5.15 Å².